The molecule has 1 nitrogen and oxygen atoms in total. The molecule has 0 bridgehead atoms. The zero-order valence-electron chi connectivity index (χ0n) is 8.99. The lowest BCUT2D eigenvalue weighted by molar-refractivity contribution is 0.0993. The van der Waals surface area contributed by atoms with Gasteiger partial charge < -0.3 is 0 Å². The van der Waals surface area contributed by atoms with Crippen LogP contribution in [0.3, 0.4) is 0 Å². The molecule has 17 heavy (non-hydrogen) atoms. The fourth-order valence-electron chi connectivity index (χ4n) is 1.56. The normalized spacial score (nSPS) is 10.2. The van der Waals surface area contributed by atoms with Crippen LogP contribution >= 0.6 is 27.5 Å². The van der Waals surface area contributed by atoms with Crippen LogP contribution in [-0.2, 0) is 6.42 Å². The first kappa shape index (κ1) is 12.3. The highest BCUT2D eigenvalue weighted by Crippen LogP contribution is 2.22. The Morgan fingerprint density at radius 3 is 2.47 bits per heavy atom. The van der Waals surface area contributed by atoms with Crippen LogP contribution in [0.2, 0.25) is 5.02 Å². The van der Waals surface area contributed by atoms with Crippen molar-refractivity contribution in [3.8, 4) is 0 Å². The van der Waals surface area contributed by atoms with Gasteiger partial charge in [-0.1, -0.05) is 63.9 Å². The summed E-state index contributed by atoms with van der Waals surface area (Å²) in [7, 11) is 0. The van der Waals surface area contributed by atoms with E-state index in [1.807, 2.05) is 42.5 Å². The van der Waals surface area contributed by atoms with E-state index in [-0.39, 0.29) is 5.78 Å². The van der Waals surface area contributed by atoms with E-state index in [9.17, 15) is 4.79 Å². The Balaban J connectivity index is 2.19. The summed E-state index contributed by atoms with van der Waals surface area (Å²) < 4.78 is 0.915. The molecule has 0 aliphatic carbocycles. The van der Waals surface area contributed by atoms with Crippen molar-refractivity contribution in [2.24, 2.45) is 0 Å². The van der Waals surface area contributed by atoms with E-state index < -0.39 is 0 Å². The molecule has 0 radical (unpaired) electrons. The maximum atomic E-state index is 12.0. The third-order valence-electron chi connectivity index (χ3n) is 2.46. The SMILES string of the molecule is O=C(Cc1ccc(Br)cc1Cl)c1ccccc1. The van der Waals surface area contributed by atoms with Crippen molar-refractivity contribution >= 4 is 33.3 Å². The quantitative estimate of drug-likeness (QED) is 0.761. The second-order valence-corrected chi connectivity index (χ2v) is 5.02. The van der Waals surface area contributed by atoms with Crippen LogP contribution < -0.4 is 0 Å². The van der Waals surface area contributed by atoms with E-state index in [0.717, 1.165) is 10.0 Å². The van der Waals surface area contributed by atoms with Crippen LogP contribution in [0.25, 0.3) is 0 Å². The number of halogens is 2. The lowest BCUT2D eigenvalue weighted by atomic mass is 10.0. The van der Waals surface area contributed by atoms with Crippen molar-refractivity contribution < 1.29 is 4.79 Å². The van der Waals surface area contributed by atoms with Gasteiger partial charge in [-0.25, -0.2) is 0 Å². The monoisotopic (exact) mass is 308 g/mol. The molecule has 0 amide bonds. The summed E-state index contributed by atoms with van der Waals surface area (Å²) in [5.74, 6) is 0.0785. The standard InChI is InChI=1S/C14H10BrClO/c15-12-7-6-11(13(16)9-12)8-14(17)10-4-2-1-3-5-10/h1-7,9H,8H2. The zero-order chi connectivity index (χ0) is 12.3. The molecular formula is C14H10BrClO. The largest absolute Gasteiger partial charge is 0.294 e. The predicted octanol–water partition coefficient (Wildman–Crippen LogP) is 4.53. The topological polar surface area (TPSA) is 17.1 Å². The van der Waals surface area contributed by atoms with Gasteiger partial charge in [0.1, 0.15) is 0 Å². The second kappa shape index (κ2) is 5.48. The molecule has 0 aromatic heterocycles. The van der Waals surface area contributed by atoms with Gasteiger partial charge in [0.15, 0.2) is 5.78 Å². The molecule has 3 heteroatoms. The Hall–Kier alpha value is -1.12. The smallest absolute Gasteiger partial charge is 0.167 e. The maximum Gasteiger partial charge on any atom is 0.167 e. The summed E-state index contributed by atoms with van der Waals surface area (Å²) in [5, 5.41) is 0.614. The Labute approximate surface area is 114 Å². The zero-order valence-corrected chi connectivity index (χ0v) is 11.3. The Morgan fingerprint density at radius 1 is 1.12 bits per heavy atom. The van der Waals surface area contributed by atoms with E-state index in [1.54, 1.807) is 6.07 Å². The Kier molecular flexibility index (Phi) is 3.97. The average Bonchev–Trinajstić information content (AvgIpc) is 2.34. The third-order valence-corrected chi connectivity index (χ3v) is 3.31. The van der Waals surface area contributed by atoms with Crippen LogP contribution in [0.4, 0.5) is 0 Å². The van der Waals surface area contributed by atoms with Gasteiger partial charge in [-0.05, 0) is 17.7 Å². The van der Waals surface area contributed by atoms with Crippen molar-refractivity contribution in [1.29, 1.82) is 0 Å². The summed E-state index contributed by atoms with van der Waals surface area (Å²) in [4.78, 5) is 12.0. The van der Waals surface area contributed by atoms with E-state index in [1.165, 1.54) is 0 Å². The first-order valence-corrected chi connectivity index (χ1v) is 6.36. The molecule has 2 rings (SSSR count). The first-order valence-electron chi connectivity index (χ1n) is 5.19. The van der Waals surface area contributed by atoms with Crippen LogP contribution in [0.15, 0.2) is 53.0 Å². The molecule has 0 heterocycles. The fraction of sp³-hybridized carbons (Fsp3) is 0.0714. The van der Waals surface area contributed by atoms with Gasteiger partial charge >= 0.3 is 0 Å². The Morgan fingerprint density at radius 2 is 1.82 bits per heavy atom. The summed E-state index contributed by atoms with van der Waals surface area (Å²) in [5.41, 5.74) is 1.57. The Bertz CT molecular complexity index is 537. The molecule has 0 N–H and O–H groups in total. The molecule has 0 saturated heterocycles. The minimum absolute atomic E-state index is 0.0785. The highest BCUT2D eigenvalue weighted by Gasteiger charge is 2.09. The van der Waals surface area contributed by atoms with Crippen LogP contribution in [0.1, 0.15) is 15.9 Å². The lowest BCUT2D eigenvalue weighted by Crippen LogP contribution is -2.03. The predicted molar refractivity (Wildman–Crippen MR) is 73.6 cm³/mol. The minimum Gasteiger partial charge on any atom is -0.294 e. The third kappa shape index (κ3) is 3.18. The number of carbonyl (C=O) groups is 1. The molecule has 0 saturated carbocycles. The van der Waals surface area contributed by atoms with Crippen molar-refractivity contribution in [3.05, 3.63) is 69.2 Å². The van der Waals surface area contributed by atoms with Gasteiger partial charge in [0.05, 0.1) is 0 Å². The highest BCUT2D eigenvalue weighted by molar-refractivity contribution is 9.10. The van der Waals surface area contributed by atoms with Crippen LogP contribution in [0, 0.1) is 0 Å². The second-order valence-electron chi connectivity index (χ2n) is 3.70. The van der Waals surface area contributed by atoms with Crippen molar-refractivity contribution in [3.63, 3.8) is 0 Å². The average molecular weight is 310 g/mol. The van der Waals surface area contributed by atoms with Crippen molar-refractivity contribution in [1.82, 2.24) is 0 Å². The van der Waals surface area contributed by atoms with Crippen LogP contribution in [-0.4, -0.2) is 5.78 Å². The number of hydrogen-bond donors (Lipinski definition) is 0. The van der Waals surface area contributed by atoms with E-state index >= 15 is 0 Å². The van der Waals surface area contributed by atoms with E-state index in [0.29, 0.717) is 17.0 Å². The number of benzene rings is 2. The molecule has 0 aliphatic heterocycles. The maximum absolute atomic E-state index is 12.0. The van der Waals surface area contributed by atoms with Crippen LogP contribution in [0.5, 0.6) is 0 Å². The van der Waals surface area contributed by atoms with Gasteiger partial charge in [-0.2, -0.15) is 0 Å². The number of rotatable bonds is 3. The number of hydrogen-bond acceptors (Lipinski definition) is 1. The van der Waals surface area contributed by atoms with Crippen molar-refractivity contribution in [2.45, 2.75) is 6.42 Å². The van der Waals surface area contributed by atoms with Gasteiger partial charge in [0.2, 0.25) is 0 Å². The van der Waals surface area contributed by atoms with E-state index in [4.69, 9.17) is 11.6 Å². The number of carbonyl (C=O) groups excluding carboxylic acids is 1. The summed E-state index contributed by atoms with van der Waals surface area (Å²) in [6, 6.07) is 14.8. The summed E-state index contributed by atoms with van der Waals surface area (Å²) in [6.07, 6.45) is 0.329. The molecule has 2 aromatic rings. The van der Waals surface area contributed by atoms with Gasteiger partial charge in [-0.3, -0.25) is 4.79 Å². The molecule has 0 fully saturated rings. The van der Waals surface area contributed by atoms with Crippen molar-refractivity contribution in [2.75, 3.05) is 0 Å². The molecule has 0 spiro atoms. The highest BCUT2D eigenvalue weighted by atomic mass is 79.9. The molecular weight excluding hydrogens is 300 g/mol. The number of Topliss-reactive ketones (excluding diaryl/α,β-unsaturated/α-hetero) is 1. The molecule has 2 aromatic carbocycles. The summed E-state index contributed by atoms with van der Waals surface area (Å²) >= 11 is 9.42. The molecule has 0 atom stereocenters. The number of ketones is 1. The van der Waals surface area contributed by atoms with Gasteiger partial charge in [0.25, 0.3) is 0 Å². The molecule has 0 unspecified atom stereocenters. The van der Waals surface area contributed by atoms with Gasteiger partial charge in [0, 0.05) is 21.5 Å². The fourth-order valence-corrected chi connectivity index (χ4v) is 2.30. The minimum atomic E-state index is 0.0785. The van der Waals surface area contributed by atoms with E-state index in [2.05, 4.69) is 15.9 Å². The molecule has 0 aliphatic rings. The molecule has 86 valence electrons. The summed E-state index contributed by atoms with van der Waals surface area (Å²) in [6.45, 7) is 0. The lowest BCUT2D eigenvalue weighted by Gasteiger charge is -2.04. The first-order chi connectivity index (χ1) is 8.16. The van der Waals surface area contributed by atoms with Gasteiger partial charge in [-0.15, -0.1) is 0 Å².